The van der Waals surface area contributed by atoms with E-state index >= 15 is 0 Å². The van der Waals surface area contributed by atoms with Crippen LogP contribution in [0.4, 0.5) is 5.82 Å². The molecule has 0 aromatic carbocycles. The van der Waals surface area contributed by atoms with Gasteiger partial charge in [0, 0.05) is 24.8 Å². The summed E-state index contributed by atoms with van der Waals surface area (Å²) < 4.78 is 32.7. The average Bonchev–Trinajstić information content (AvgIpc) is 2.77. The number of pyridine rings is 1. The number of hydrogen-bond acceptors (Lipinski definition) is 5. The van der Waals surface area contributed by atoms with Crippen LogP contribution in [-0.4, -0.2) is 20.4 Å². The van der Waals surface area contributed by atoms with E-state index in [1.165, 1.54) is 12.3 Å². The fourth-order valence-corrected chi connectivity index (χ4v) is 3.30. The first-order valence-corrected chi connectivity index (χ1v) is 8.05. The number of furan rings is 1. The van der Waals surface area contributed by atoms with Gasteiger partial charge in [-0.2, -0.15) is 0 Å². The van der Waals surface area contributed by atoms with E-state index in [2.05, 4.69) is 15.0 Å². The Hall–Kier alpha value is -1.86. The highest BCUT2D eigenvalue weighted by Gasteiger charge is 2.21. The normalized spacial score (nSPS) is 13.1. The second-order valence-corrected chi connectivity index (χ2v) is 6.55. The second-order valence-electron chi connectivity index (χ2n) is 4.84. The molecule has 0 saturated carbocycles. The zero-order valence-electron chi connectivity index (χ0n) is 12.5. The number of rotatable bonds is 5. The Morgan fingerprint density at radius 1 is 1.29 bits per heavy atom. The Kier molecular flexibility index (Phi) is 4.34. The van der Waals surface area contributed by atoms with Gasteiger partial charge in [-0.05, 0) is 39.0 Å². The van der Waals surface area contributed by atoms with Crippen molar-refractivity contribution in [2.24, 2.45) is 0 Å². The molecule has 2 rings (SSSR count). The van der Waals surface area contributed by atoms with E-state index in [9.17, 15) is 8.42 Å². The van der Waals surface area contributed by atoms with Crippen molar-refractivity contribution >= 4 is 15.8 Å². The molecule has 114 valence electrons. The topological polar surface area (TPSA) is 84.2 Å². The van der Waals surface area contributed by atoms with Crippen LogP contribution in [0.25, 0.3) is 0 Å². The lowest BCUT2D eigenvalue weighted by molar-refractivity contribution is 0.496. The van der Waals surface area contributed by atoms with Crippen molar-refractivity contribution in [1.29, 1.82) is 0 Å². The van der Waals surface area contributed by atoms with E-state index in [1.54, 1.807) is 20.0 Å². The van der Waals surface area contributed by atoms with Gasteiger partial charge in [0.15, 0.2) is 0 Å². The zero-order chi connectivity index (χ0) is 15.6. The van der Waals surface area contributed by atoms with Crippen LogP contribution in [0.2, 0.25) is 0 Å². The molecule has 1 unspecified atom stereocenters. The number of sulfonamides is 1. The van der Waals surface area contributed by atoms with Gasteiger partial charge in [0.05, 0.1) is 0 Å². The Balaban J connectivity index is 2.22. The lowest BCUT2D eigenvalue weighted by Crippen LogP contribution is -2.27. The van der Waals surface area contributed by atoms with E-state index < -0.39 is 10.0 Å². The summed E-state index contributed by atoms with van der Waals surface area (Å²) in [5, 5.41) is 2.84. The third kappa shape index (κ3) is 3.43. The average molecular weight is 309 g/mol. The Bertz CT molecular complexity index is 720. The smallest absolute Gasteiger partial charge is 0.242 e. The summed E-state index contributed by atoms with van der Waals surface area (Å²) in [7, 11) is -1.90. The number of aryl methyl sites for hydroxylation is 2. The highest BCUT2D eigenvalue weighted by Crippen LogP contribution is 2.23. The van der Waals surface area contributed by atoms with Crippen LogP contribution in [-0.2, 0) is 10.0 Å². The summed E-state index contributed by atoms with van der Waals surface area (Å²) in [5.74, 6) is 2.09. The SMILES string of the molecule is CNc1ccc(S(=O)(=O)NC(C)c2cc(C)oc2C)cn1. The van der Waals surface area contributed by atoms with Gasteiger partial charge in [0.2, 0.25) is 10.0 Å². The van der Waals surface area contributed by atoms with E-state index in [0.29, 0.717) is 11.6 Å². The van der Waals surface area contributed by atoms with Gasteiger partial charge in [-0.3, -0.25) is 0 Å². The van der Waals surface area contributed by atoms with Gasteiger partial charge in [-0.15, -0.1) is 0 Å². The maximum Gasteiger partial charge on any atom is 0.242 e. The molecule has 0 aliphatic heterocycles. The summed E-state index contributed by atoms with van der Waals surface area (Å²) in [6.07, 6.45) is 1.33. The number of hydrogen-bond donors (Lipinski definition) is 2. The molecule has 0 aliphatic carbocycles. The minimum absolute atomic E-state index is 0.131. The molecule has 0 saturated heterocycles. The maximum absolute atomic E-state index is 12.3. The lowest BCUT2D eigenvalue weighted by atomic mass is 10.1. The molecular weight excluding hydrogens is 290 g/mol. The van der Waals surface area contributed by atoms with Crippen molar-refractivity contribution in [3.05, 3.63) is 41.5 Å². The van der Waals surface area contributed by atoms with Crippen LogP contribution in [0.15, 0.2) is 33.7 Å². The summed E-state index contributed by atoms with van der Waals surface area (Å²) in [6, 6.07) is 4.59. The van der Waals surface area contributed by atoms with Gasteiger partial charge in [0.25, 0.3) is 0 Å². The molecule has 0 bridgehead atoms. The highest BCUT2D eigenvalue weighted by atomic mass is 32.2. The third-order valence-electron chi connectivity index (χ3n) is 3.18. The van der Waals surface area contributed by atoms with Gasteiger partial charge < -0.3 is 9.73 Å². The van der Waals surface area contributed by atoms with Crippen molar-refractivity contribution in [2.75, 3.05) is 12.4 Å². The molecule has 0 amide bonds. The standard InChI is InChI=1S/C14H19N3O3S/c1-9-7-13(11(3)20-9)10(2)17-21(18,19)12-5-6-14(15-4)16-8-12/h5-8,10,17H,1-4H3,(H,15,16). The van der Waals surface area contributed by atoms with Crippen LogP contribution in [0.3, 0.4) is 0 Å². The number of aromatic nitrogens is 1. The van der Waals surface area contributed by atoms with E-state index in [1.807, 2.05) is 19.9 Å². The Labute approximate surface area is 124 Å². The molecule has 2 aromatic rings. The summed E-state index contributed by atoms with van der Waals surface area (Å²) in [6.45, 7) is 5.43. The molecule has 7 heteroatoms. The molecule has 0 fully saturated rings. The molecule has 21 heavy (non-hydrogen) atoms. The molecular formula is C14H19N3O3S. The summed E-state index contributed by atoms with van der Waals surface area (Å²) in [5.41, 5.74) is 0.830. The van der Waals surface area contributed by atoms with Crippen molar-refractivity contribution in [3.8, 4) is 0 Å². The molecule has 0 aliphatic rings. The molecule has 2 aromatic heterocycles. The lowest BCUT2D eigenvalue weighted by Gasteiger charge is -2.13. The zero-order valence-corrected chi connectivity index (χ0v) is 13.3. The highest BCUT2D eigenvalue weighted by molar-refractivity contribution is 7.89. The van der Waals surface area contributed by atoms with Crippen LogP contribution < -0.4 is 10.0 Å². The van der Waals surface area contributed by atoms with Crippen molar-refractivity contribution < 1.29 is 12.8 Å². The predicted octanol–water partition coefficient (Wildman–Crippen LogP) is 2.37. The minimum atomic E-state index is -3.62. The quantitative estimate of drug-likeness (QED) is 0.886. The molecule has 6 nitrogen and oxygen atoms in total. The fourth-order valence-electron chi connectivity index (χ4n) is 2.13. The Morgan fingerprint density at radius 2 is 2.00 bits per heavy atom. The van der Waals surface area contributed by atoms with Crippen molar-refractivity contribution in [2.45, 2.75) is 31.7 Å². The summed E-state index contributed by atoms with van der Waals surface area (Å²) in [4.78, 5) is 4.15. The van der Waals surface area contributed by atoms with Gasteiger partial charge in [-0.25, -0.2) is 18.1 Å². The Morgan fingerprint density at radius 3 is 2.48 bits per heavy atom. The number of anilines is 1. The van der Waals surface area contributed by atoms with E-state index in [-0.39, 0.29) is 10.9 Å². The van der Waals surface area contributed by atoms with Crippen molar-refractivity contribution in [3.63, 3.8) is 0 Å². The van der Waals surface area contributed by atoms with Gasteiger partial charge in [-0.1, -0.05) is 0 Å². The third-order valence-corrected chi connectivity index (χ3v) is 4.71. The van der Waals surface area contributed by atoms with E-state index in [0.717, 1.165) is 11.3 Å². The van der Waals surface area contributed by atoms with Crippen LogP contribution in [0.5, 0.6) is 0 Å². The first kappa shape index (κ1) is 15.5. The van der Waals surface area contributed by atoms with Crippen LogP contribution >= 0.6 is 0 Å². The molecule has 0 radical (unpaired) electrons. The van der Waals surface area contributed by atoms with Crippen LogP contribution in [0, 0.1) is 13.8 Å². The van der Waals surface area contributed by atoms with Gasteiger partial charge in [0.1, 0.15) is 22.2 Å². The minimum Gasteiger partial charge on any atom is -0.466 e. The monoisotopic (exact) mass is 309 g/mol. The van der Waals surface area contributed by atoms with Crippen molar-refractivity contribution in [1.82, 2.24) is 9.71 Å². The molecule has 2 heterocycles. The molecule has 0 spiro atoms. The second kappa shape index (κ2) is 5.87. The fraction of sp³-hybridized carbons (Fsp3) is 0.357. The van der Waals surface area contributed by atoms with Crippen LogP contribution in [0.1, 0.15) is 30.0 Å². The predicted molar refractivity (Wildman–Crippen MR) is 80.7 cm³/mol. The van der Waals surface area contributed by atoms with E-state index in [4.69, 9.17) is 4.42 Å². The molecule has 1 atom stereocenters. The first-order valence-electron chi connectivity index (χ1n) is 6.56. The van der Waals surface area contributed by atoms with Gasteiger partial charge >= 0.3 is 0 Å². The summed E-state index contributed by atoms with van der Waals surface area (Å²) >= 11 is 0. The number of nitrogens with zero attached hydrogens (tertiary/aromatic N) is 1. The maximum atomic E-state index is 12.3. The number of nitrogens with one attached hydrogen (secondary N) is 2. The largest absolute Gasteiger partial charge is 0.466 e. The first-order chi connectivity index (χ1) is 9.83. The molecule has 2 N–H and O–H groups in total.